The minimum atomic E-state index is -0.711. The smallest absolute Gasteiger partial charge is 0.339 e. The van der Waals surface area contributed by atoms with Crippen LogP contribution in [0.1, 0.15) is 377 Å². The van der Waals surface area contributed by atoms with Crippen molar-refractivity contribution in [2.75, 3.05) is 26.4 Å². The van der Waals surface area contributed by atoms with Crippen molar-refractivity contribution < 1.29 is 38.1 Å². The lowest BCUT2D eigenvalue weighted by molar-refractivity contribution is 0.0434. The van der Waals surface area contributed by atoms with Crippen LogP contribution in [0.3, 0.4) is 0 Å². The molecule has 1 rings (SSSR count). The molecule has 0 atom stereocenters. The number of esters is 4. The van der Waals surface area contributed by atoms with Gasteiger partial charge in [0.05, 0.1) is 48.7 Å². The standard InChI is InChI=1S/C66H118O8/c1-5-9-13-17-21-25-29-33-37-41-45-49-53-71-63(67)59-57-61(65(69)73-55-51-47-43-39-35-31-27-23-19-15-11-7-3)62(66(70)74-56-52-48-44-40-36-32-28-24-20-16-12-8-4)58-60(59)64(68)72-54-50-46-42-38-34-30-26-22-18-14-10-6-2/h57-58H,5-56H2,1-4H3. The summed E-state index contributed by atoms with van der Waals surface area (Å²) in [6.07, 6.45) is 57.3. The minimum absolute atomic E-state index is 0.0848. The Morgan fingerprint density at radius 1 is 0.216 bits per heavy atom. The zero-order valence-corrected chi connectivity index (χ0v) is 49.2. The summed E-state index contributed by atoms with van der Waals surface area (Å²) in [6.45, 7) is 9.81. The first-order valence-corrected chi connectivity index (χ1v) is 32.3. The van der Waals surface area contributed by atoms with Crippen LogP contribution in [0, 0.1) is 0 Å². The Balaban J connectivity index is 3.02. The Labute approximate surface area is 456 Å². The van der Waals surface area contributed by atoms with Gasteiger partial charge < -0.3 is 18.9 Å². The van der Waals surface area contributed by atoms with E-state index in [1.807, 2.05) is 0 Å². The number of carbonyl (C=O) groups is 4. The van der Waals surface area contributed by atoms with Gasteiger partial charge in [-0.05, 0) is 37.8 Å². The molecule has 8 nitrogen and oxygen atoms in total. The largest absolute Gasteiger partial charge is 0.462 e. The van der Waals surface area contributed by atoms with Gasteiger partial charge in [-0.15, -0.1) is 0 Å². The first kappa shape index (κ1) is 69.1. The summed E-state index contributed by atoms with van der Waals surface area (Å²) in [5.74, 6) is -2.85. The van der Waals surface area contributed by atoms with E-state index in [0.29, 0.717) is 25.7 Å². The van der Waals surface area contributed by atoms with E-state index >= 15 is 0 Å². The van der Waals surface area contributed by atoms with Crippen LogP contribution < -0.4 is 0 Å². The fourth-order valence-electron chi connectivity index (χ4n) is 10.0. The van der Waals surface area contributed by atoms with Gasteiger partial charge in [-0.3, -0.25) is 0 Å². The zero-order chi connectivity index (χ0) is 53.6. The van der Waals surface area contributed by atoms with Gasteiger partial charge in [0.15, 0.2) is 0 Å². The van der Waals surface area contributed by atoms with E-state index in [1.165, 1.54) is 243 Å². The highest BCUT2D eigenvalue weighted by Gasteiger charge is 2.29. The average Bonchev–Trinajstić information content (AvgIpc) is 3.41. The van der Waals surface area contributed by atoms with Gasteiger partial charge in [0.25, 0.3) is 0 Å². The second-order valence-electron chi connectivity index (χ2n) is 22.0. The monoisotopic (exact) mass is 1040 g/mol. The highest BCUT2D eigenvalue weighted by molar-refractivity contribution is 6.10. The summed E-state index contributed by atoms with van der Waals surface area (Å²) >= 11 is 0. The summed E-state index contributed by atoms with van der Waals surface area (Å²) in [5.41, 5.74) is -0.339. The van der Waals surface area contributed by atoms with E-state index in [2.05, 4.69) is 27.7 Å². The molecule has 0 radical (unpaired) electrons. The van der Waals surface area contributed by atoms with Crippen LogP contribution in [0.2, 0.25) is 0 Å². The molecule has 0 fully saturated rings. The summed E-state index contributed by atoms with van der Waals surface area (Å²) < 4.78 is 23.2. The van der Waals surface area contributed by atoms with Gasteiger partial charge in [0.1, 0.15) is 0 Å². The van der Waals surface area contributed by atoms with Gasteiger partial charge in [-0.2, -0.15) is 0 Å². The summed E-state index contributed by atoms with van der Waals surface area (Å²) in [6, 6.07) is 2.63. The van der Waals surface area contributed by atoms with E-state index < -0.39 is 23.9 Å². The molecule has 0 bridgehead atoms. The van der Waals surface area contributed by atoms with E-state index in [4.69, 9.17) is 18.9 Å². The molecular weight excluding hydrogens is 921 g/mol. The lowest BCUT2D eigenvalue weighted by Gasteiger charge is -2.15. The van der Waals surface area contributed by atoms with Crippen LogP contribution in [0.15, 0.2) is 12.1 Å². The predicted molar refractivity (Wildman–Crippen MR) is 312 cm³/mol. The van der Waals surface area contributed by atoms with Crippen molar-refractivity contribution in [2.45, 2.75) is 336 Å². The second kappa shape index (κ2) is 53.5. The maximum absolute atomic E-state index is 13.9. The van der Waals surface area contributed by atoms with E-state index in [9.17, 15) is 19.2 Å². The van der Waals surface area contributed by atoms with Crippen molar-refractivity contribution in [3.63, 3.8) is 0 Å². The number of unbranched alkanes of at least 4 members (excludes halogenated alkanes) is 44. The van der Waals surface area contributed by atoms with Crippen molar-refractivity contribution in [1.29, 1.82) is 0 Å². The maximum Gasteiger partial charge on any atom is 0.339 e. The molecule has 0 spiro atoms. The molecule has 0 N–H and O–H groups in total. The number of rotatable bonds is 56. The zero-order valence-electron chi connectivity index (χ0n) is 49.2. The first-order valence-electron chi connectivity index (χ1n) is 32.3. The normalized spacial score (nSPS) is 11.3. The van der Waals surface area contributed by atoms with Crippen LogP contribution in [-0.2, 0) is 18.9 Å². The molecule has 0 unspecified atom stereocenters. The van der Waals surface area contributed by atoms with Crippen molar-refractivity contribution in [3.05, 3.63) is 34.4 Å². The lowest BCUT2D eigenvalue weighted by Crippen LogP contribution is -2.21. The minimum Gasteiger partial charge on any atom is -0.462 e. The van der Waals surface area contributed by atoms with Gasteiger partial charge >= 0.3 is 23.9 Å². The number of carbonyl (C=O) groups excluding carboxylic acids is 4. The molecule has 0 aliphatic rings. The van der Waals surface area contributed by atoms with Gasteiger partial charge in [0.2, 0.25) is 0 Å². The van der Waals surface area contributed by atoms with Crippen molar-refractivity contribution in [2.24, 2.45) is 0 Å². The number of ether oxygens (including phenoxy) is 4. The van der Waals surface area contributed by atoms with Crippen molar-refractivity contribution in [3.8, 4) is 0 Å². The van der Waals surface area contributed by atoms with Crippen LogP contribution in [0.25, 0.3) is 0 Å². The van der Waals surface area contributed by atoms with Crippen LogP contribution in [0.5, 0.6) is 0 Å². The van der Waals surface area contributed by atoms with E-state index in [1.54, 1.807) is 0 Å². The first-order chi connectivity index (χ1) is 36.4. The van der Waals surface area contributed by atoms with Crippen LogP contribution in [-0.4, -0.2) is 50.3 Å². The Hall–Kier alpha value is -2.90. The average molecular weight is 1040 g/mol. The fourth-order valence-corrected chi connectivity index (χ4v) is 10.0. The third-order valence-corrected chi connectivity index (χ3v) is 15.0. The topological polar surface area (TPSA) is 105 Å². The van der Waals surface area contributed by atoms with Crippen LogP contribution >= 0.6 is 0 Å². The highest BCUT2D eigenvalue weighted by Crippen LogP contribution is 2.24. The lowest BCUT2D eigenvalue weighted by atomic mass is 9.97. The second-order valence-corrected chi connectivity index (χ2v) is 22.0. The quantitative estimate of drug-likeness (QED) is 0.0361. The Bertz CT molecular complexity index is 1250. The third kappa shape index (κ3) is 40.4. The maximum atomic E-state index is 13.9. The summed E-state index contributed by atoms with van der Waals surface area (Å²) in [5, 5.41) is 0. The fraction of sp³-hybridized carbons (Fsp3) is 0.848. The Morgan fingerprint density at radius 2 is 0.338 bits per heavy atom. The Morgan fingerprint density at radius 3 is 0.473 bits per heavy atom. The van der Waals surface area contributed by atoms with Gasteiger partial charge in [-0.25, -0.2) is 19.2 Å². The molecule has 0 aromatic heterocycles. The number of hydrogen-bond donors (Lipinski definition) is 0. The van der Waals surface area contributed by atoms with Crippen molar-refractivity contribution >= 4 is 23.9 Å². The molecule has 1 aromatic carbocycles. The predicted octanol–water partition coefficient (Wildman–Crippen LogP) is 21.1. The molecule has 0 saturated carbocycles. The van der Waals surface area contributed by atoms with Gasteiger partial charge in [0, 0.05) is 0 Å². The highest BCUT2D eigenvalue weighted by atomic mass is 16.5. The molecule has 0 heterocycles. The third-order valence-electron chi connectivity index (χ3n) is 15.0. The summed E-state index contributed by atoms with van der Waals surface area (Å²) in [4.78, 5) is 55.6. The molecule has 0 amide bonds. The molecule has 74 heavy (non-hydrogen) atoms. The van der Waals surface area contributed by atoms with Crippen molar-refractivity contribution in [1.82, 2.24) is 0 Å². The molecular formula is C66H118O8. The number of benzene rings is 1. The van der Waals surface area contributed by atoms with E-state index in [-0.39, 0.29) is 48.7 Å². The van der Waals surface area contributed by atoms with E-state index in [0.717, 1.165) is 51.4 Å². The van der Waals surface area contributed by atoms with Crippen LogP contribution in [0.4, 0.5) is 0 Å². The molecule has 0 saturated heterocycles. The molecule has 430 valence electrons. The summed E-state index contributed by atoms with van der Waals surface area (Å²) in [7, 11) is 0. The van der Waals surface area contributed by atoms with Gasteiger partial charge in [-0.1, -0.05) is 310 Å². The molecule has 0 aliphatic carbocycles. The molecule has 8 heteroatoms. The molecule has 0 aliphatic heterocycles. The Kier molecular flexibility index (Phi) is 50.0. The molecule has 1 aromatic rings. The number of hydrogen-bond acceptors (Lipinski definition) is 8. The SMILES string of the molecule is CCCCCCCCCCCCCCOC(=O)c1cc(C(=O)OCCCCCCCCCCCCCC)c(C(=O)OCCCCCCCCCCCCCC)cc1C(=O)OCCCCCCCCCCCCCC.